The maximum absolute atomic E-state index is 12.6. The fourth-order valence-electron chi connectivity index (χ4n) is 3.91. The number of carbonyl (C=O) groups is 2. The van der Waals surface area contributed by atoms with Crippen molar-refractivity contribution in [3.8, 4) is 22.6 Å². The summed E-state index contributed by atoms with van der Waals surface area (Å²) in [5, 5.41) is 6.62. The third kappa shape index (κ3) is 6.31. The number of nitrogens with one attached hydrogen (secondary N) is 1. The first kappa shape index (κ1) is 24.1. The van der Waals surface area contributed by atoms with Gasteiger partial charge in [0.05, 0.1) is 18.2 Å². The van der Waals surface area contributed by atoms with Gasteiger partial charge in [0.25, 0.3) is 5.91 Å². The first-order chi connectivity index (χ1) is 16.7. The lowest BCUT2D eigenvalue weighted by atomic mass is 10.0. The van der Waals surface area contributed by atoms with E-state index < -0.39 is 12.3 Å². The van der Waals surface area contributed by atoms with Gasteiger partial charge in [-0.1, -0.05) is 18.2 Å². The van der Waals surface area contributed by atoms with E-state index in [0.717, 1.165) is 11.1 Å². The van der Waals surface area contributed by atoms with Crippen LogP contribution in [0, 0.1) is 0 Å². The Morgan fingerprint density at radius 3 is 2.40 bits per heavy atom. The number of alkyl halides is 3. The van der Waals surface area contributed by atoms with Gasteiger partial charge < -0.3 is 20.1 Å². The standard InChI is InChI=1S/C24H23F3N4O4/c25-24(26,27)35-19-4-1-15(2-5-19)11-22(32)31-9-7-18(8-10-31)34-21-6-3-16(12-20(21)23(28)33)17-13-29-30-14-17/h1-6,12-14,18H,7-11H2,(H2,28,33)(H,29,30). The summed E-state index contributed by atoms with van der Waals surface area (Å²) in [6.07, 6.45) is -0.424. The van der Waals surface area contributed by atoms with Crippen LogP contribution in [0.3, 0.4) is 0 Å². The van der Waals surface area contributed by atoms with Crippen molar-refractivity contribution in [3.63, 3.8) is 0 Å². The van der Waals surface area contributed by atoms with Crippen molar-refractivity contribution in [2.45, 2.75) is 31.7 Å². The molecule has 11 heteroatoms. The van der Waals surface area contributed by atoms with Crippen LogP contribution < -0.4 is 15.2 Å². The number of rotatable bonds is 7. The molecule has 0 bridgehead atoms. The molecule has 1 aliphatic heterocycles. The van der Waals surface area contributed by atoms with Crippen LogP contribution in [0.4, 0.5) is 13.2 Å². The normalized spacial score (nSPS) is 14.5. The number of benzene rings is 2. The van der Waals surface area contributed by atoms with Gasteiger partial charge in [-0.15, -0.1) is 13.2 Å². The Hall–Kier alpha value is -4.02. The third-order valence-electron chi connectivity index (χ3n) is 5.68. The van der Waals surface area contributed by atoms with Crippen LogP contribution in [0.25, 0.3) is 11.1 Å². The predicted molar refractivity (Wildman–Crippen MR) is 120 cm³/mol. The van der Waals surface area contributed by atoms with E-state index in [1.54, 1.807) is 29.4 Å². The van der Waals surface area contributed by atoms with Crippen molar-refractivity contribution in [2.24, 2.45) is 5.73 Å². The van der Waals surface area contributed by atoms with Crippen LogP contribution in [0.5, 0.6) is 11.5 Å². The Bertz CT molecular complexity index is 1170. The number of H-pyrrole nitrogens is 1. The van der Waals surface area contributed by atoms with E-state index in [0.29, 0.717) is 37.2 Å². The molecule has 0 atom stereocenters. The summed E-state index contributed by atoms with van der Waals surface area (Å²) in [6.45, 7) is 0.912. The van der Waals surface area contributed by atoms with E-state index >= 15 is 0 Å². The molecular formula is C24H23F3N4O4. The van der Waals surface area contributed by atoms with Gasteiger partial charge in [-0.3, -0.25) is 14.7 Å². The Balaban J connectivity index is 1.32. The Morgan fingerprint density at radius 2 is 1.80 bits per heavy atom. The number of hydrogen-bond donors (Lipinski definition) is 2. The molecule has 0 saturated carbocycles. The Kier molecular flexibility index (Phi) is 6.94. The molecule has 1 fully saturated rings. The number of carbonyl (C=O) groups excluding carboxylic acids is 2. The summed E-state index contributed by atoms with van der Waals surface area (Å²) >= 11 is 0. The number of hydrogen-bond acceptors (Lipinski definition) is 5. The monoisotopic (exact) mass is 488 g/mol. The summed E-state index contributed by atoms with van der Waals surface area (Å²) in [4.78, 5) is 26.3. The van der Waals surface area contributed by atoms with Crippen LogP contribution >= 0.6 is 0 Å². The molecule has 3 aromatic rings. The molecule has 4 rings (SSSR count). The predicted octanol–water partition coefficient (Wildman–Crippen LogP) is 3.69. The maximum atomic E-state index is 12.6. The zero-order valence-electron chi connectivity index (χ0n) is 18.5. The van der Waals surface area contributed by atoms with Crippen molar-refractivity contribution >= 4 is 11.8 Å². The lowest BCUT2D eigenvalue weighted by Crippen LogP contribution is -2.42. The van der Waals surface area contributed by atoms with E-state index in [4.69, 9.17) is 10.5 Å². The van der Waals surface area contributed by atoms with E-state index in [-0.39, 0.29) is 29.7 Å². The zero-order chi connectivity index (χ0) is 25.0. The van der Waals surface area contributed by atoms with E-state index in [9.17, 15) is 22.8 Å². The molecule has 1 aromatic heterocycles. The number of nitrogens with zero attached hydrogens (tertiary/aromatic N) is 2. The Morgan fingerprint density at radius 1 is 1.09 bits per heavy atom. The molecule has 3 N–H and O–H groups in total. The fourth-order valence-corrected chi connectivity index (χ4v) is 3.91. The maximum Gasteiger partial charge on any atom is 0.573 e. The van der Waals surface area contributed by atoms with Crippen molar-refractivity contribution in [1.82, 2.24) is 15.1 Å². The van der Waals surface area contributed by atoms with Gasteiger partial charge in [0, 0.05) is 37.7 Å². The highest BCUT2D eigenvalue weighted by molar-refractivity contribution is 5.97. The first-order valence-corrected chi connectivity index (χ1v) is 10.9. The number of likely N-dealkylation sites (tertiary alicyclic amines) is 1. The Labute approximate surface area is 198 Å². The zero-order valence-corrected chi connectivity index (χ0v) is 18.5. The quantitative estimate of drug-likeness (QED) is 0.527. The molecule has 2 heterocycles. The molecule has 2 aromatic carbocycles. The molecule has 1 aliphatic rings. The molecule has 2 amide bonds. The molecule has 35 heavy (non-hydrogen) atoms. The van der Waals surface area contributed by atoms with Gasteiger partial charge in [0.1, 0.15) is 17.6 Å². The highest BCUT2D eigenvalue weighted by Gasteiger charge is 2.31. The van der Waals surface area contributed by atoms with Crippen molar-refractivity contribution in [3.05, 3.63) is 66.0 Å². The number of aromatic amines is 1. The molecule has 8 nitrogen and oxygen atoms in total. The summed E-state index contributed by atoms with van der Waals surface area (Å²) < 4.78 is 46.7. The minimum absolute atomic E-state index is 0.0686. The van der Waals surface area contributed by atoms with Crippen LogP contribution in [-0.2, 0) is 11.2 Å². The number of ether oxygens (including phenoxy) is 2. The lowest BCUT2D eigenvalue weighted by Gasteiger charge is -2.32. The van der Waals surface area contributed by atoms with Crippen molar-refractivity contribution in [2.75, 3.05) is 13.1 Å². The van der Waals surface area contributed by atoms with Crippen LogP contribution in [0.1, 0.15) is 28.8 Å². The third-order valence-corrected chi connectivity index (χ3v) is 5.68. The minimum Gasteiger partial charge on any atom is -0.489 e. The van der Waals surface area contributed by atoms with Crippen LogP contribution in [0.2, 0.25) is 0 Å². The molecular weight excluding hydrogens is 465 g/mol. The number of amides is 2. The van der Waals surface area contributed by atoms with Crippen LogP contribution in [-0.4, -0.2) is 52.5 Å². The highest BCUT2D eigenvalue weighted by atomic mass is 19.4. The second-order valence-corrected chi connectivity index (χ2v) is 8.13. The molecule has 0 spiro atoms. The molecule has 0 radical (unpaired) electrons. The van der Waals surface area contributed by atoms with Gasteiger partial charge in [-0.25, -0.2) is 0 Å². The van der Waals surface area contributed by atoms with Crippen molar-refractivity contribution < 1.29 is 32.2 Å². The van der Waals surface area contributed by atoms with E-state index in [1.807, 2.05) is 6.07 Å². The summed E-state index contributed by atoms with van der Waals surface area (Å²) in [6, 6.07) is 10.4. The fraction of sp³-hybridized carbons (Fsp3) is 0.292. The molecule has 184 valence electrons. The summed E-state index contributed by atoms with van der Waals surface area (Å²) in [5.41, 5.74) is 8.00. The first-order valence-electron chi connectivity index (χ1n) is 10.9. The van der Waals surface area contributed by atoms with E-state index in [2.05, 4.69) is 14.9 Å². The van der Waals surface area contributed by atoms with Gasteiger partial charge in [-0.2, -0.15) is 5.10 Å². The van der Waals surface area contributed by atoms with Gasteiger partial charge in [0.15, 0.2) is 0 Å². The van der Waals surface area contributed by atoms with Crippen LogP contribution in [0.15, 0.2) is 54.9 Å². The second-order valence-electron chi connectivity index (χ2n) is 8.13. The summed E-state index contributed by atoms with van der Waals surface area (Å²) in [5.74, 6) is -0.685. The SMILES string of the molecule is NC(=O)c1cc(-c2cn[nH]c2)ccc1OC1CCN(C(=O)Cc2ccc(OC(F)(F)F)cc2)CC1. The number of primary amides is 1. The van der Waals surface area contributed by atoms with E-state index in [1.165, 1.54) is 24.3 Å². The smallest absolute Gasteiger partial charge is 0.489 e. The minimum atomic E-state index is -4.76. The largest absolute Gasteiger partial charge is 0.573 e. The second kappa shape index (κ2) is 10.1. The lowest BCUT2D eigenvalue weighted by molar-refractivity contribution is -0.274. The average molecular weight is 488 g/mol. The number of piperidine rings is 1. The van der Waals surface area contributed by atoms with Gasteiger partial charge in [-0.05, 0) is 35.4 Å². The highest BCUT2D eigenvalue weighted by Crippen LogP contribution is 2.29. The molecule has 0 aliphatic carbocycles. The van der Waals surface area contributed by atoms with Gasteiger partial charge >= 0.3 is 6.36 Å². The van der Waals surface area contributed by atoms with Gasteiger partial charge in [0.2, 0.25) is 5.91 Å². The summed E-state index contributed by atoms with van der Waals surface area (Å²) in [7, 11) is 0. The molecule has 0 unspecified atom stereocenters. The van der Waals surface area contributed by atoms with Crippen molar-refractivity contribution in [1.29, 1.82) is 0 Å². The number of halogens is 3. The topological polar surface area (TPSA) is 111 Å². The molecule has 1 saturated heterocycles. The number of nitrogens with two attached hydrogens (primary N) is 1. The average Bonchev–Trinajstić information content (AvgIpc) is 3.35. The number of aromatic nitrogens is 2.